The fourth-order valence-corrected chi connectivity index (χ4v) is 1.17. The summed E-state index contributed by atoms with van der Waals surface area (Å²) in [6.07, 6.45) is 3.08. The van der Waals surface area contributed by atoms with Crippen molar-refractivity contribution >= 4 is 6.08 Å². The van der Waals surface area contributed by atoms with Gasteiger partial charge in [0.15, 0.2) is 11.5 Å². The van der Waals surface area contributed by atoms with Gasteiger partial charge in [0.05, 0.1) is 20.3 Å². The summed E-state index contributed by atoms with van der Waals surface area (Å²) < 4.78 is 10.3. The van der Waals surface area contributed by atoms with Gasteiger partial charge in [0.1, 0.15) is 0 Å². The quantitative estimate of drug-likeness (QED) is 0.685. The number of hydrogen-bond donors (Lipinski definition) is 0. The van der Waals surface area contributed by atoms with Crippen molar-refractivity contribution < 1.29 is 9.47 Å². The first-order valence-electron chi connectivity index (χ1n) is 4.10. The molecular weight excluding hydrogens is 178 g/mol. The highest BCUT2D eigenvalue weighted by Crippen LogP contribution is 2.31. The van der Waals surface area contributed by atoms with E-state index in [2.05, 4.69) is 0 Å². The molecule has 0 bridgehead atoms. The second-order valence-electron chi connectivity index (χ2n) is 2.55. The lowest BCUT2D eigenvalue weighted by Crippen LogP contribution is -1.92. The van der Waals surface area contributed by atoms with E-state index in [4.69, 9.17) is 14.7 Å². The molecule has 0 atom stereocenters. The van der Waals surface area contributed by atoms with Gasteiger partial charge in [-0.15, -0.1) is 0 Å². The first-order chi connectivity index (χ1) is 6.83. The van der Waals surface area contributed by atoms with Gasteiger partial charge in [0.25, 0.3) is 0 Å². The van der Waals surface area contributed by atoms with Crippen LogP contribution in [0, 0.1) is 11.3 Å². The molecule has 0 spiro atoms. The molecule has 14 heavy (non-hydrogen) atoms. The Morgan fingerprint density at radius 3 is 2.64 bits per heavy atom. The van der Waals surface area contributed by atoms with Crippen LogP contribution >= 0.6 is 0 Å². The molecule has 0 radical (unpaired) electrons. The Morgan fingerprint density at radius 1 is 1.29 bits per heavy atom. The summed E-state index contributed by atoms with van der Waals surface area (Å²) in [4.78, 5) is 0. The Hall–Kier alpha value is -1.95. The number of nitriles is 1. The van der Waals surface area contributed by atoms with E-state index in [1.807, 2.05) is 24.3 Å². The molecule has 0 saturated heterocycles. The molecule has 0 fully saturated rings. The van der Waals surface area contributed by atoms with Gasteiger partial charge in [-0.1, -0.05) is 12.1 Å². The van der Waals surface area contributed by atoms with Gasteiger partial charge in [-0.2, -0.15) is 5.26 Å². The van der Waals surface area contributed by atoms with E-state index in [1.54, 1.807) is 20.3 Å². The molecule has 0 N–H and O–H groups in total. The Labute approximate surface area is 83.2 Å². The summed E-state index contributed by atoms with van der Waals surface area (Å²) in [6, 6.07) is 7.44. The van der Waals surface area contributed by atoms with E-state index in [9.17, 15) is 0 Å². The van der Waals surface area contributed by atoms with Crippen molar-refractivity contribution in [1.29, 1.82) is 5.26 Å². The van der Waals surface area contributed by atoms with Crippen LogP contribution in [0.1, 0.15) is 5.56 Å². The van der Waals surface area contributed by atoms with Gasteiger partial charge in [-0.25, -0.2) is 0 Å². The molecule has 3 nitrogen and oxygen atoms in total. The smallest absolute Gasteiger partial charge is 0.167 e. The highest BCUT2D eigenvalue weighted by molar-refractivity contribution is 5.63. The molecule has 0 unspecified atom stereocenters. The molecule has 0 aliphatic heterocycles. The minimum Gasteiger partial charge on any atom is -0.493 e. The topological polar surface area (TPSA) is 42.2 Å². The molecule has 0 aliphatic carbocycles. The molecule has 0 heterocycles. The Bertz CT molecular complexity index is 377. The number of nitrogens with zero attached hydrogens (tertiary/aromatic N) is 1. The highest BCUT2D eigenvalue weighted by atomic mass is 16.5. The van der Waals surface area contributed by atoms with Crippen molar-refractivity contribution in [3.05, 3.63) is 29.8 Å². The average molecular weight is 189 g/mol. The first kappa shape index (κ1) is 10.1. The first-order valence-corrected chi connectivity index (χ1v) is 4.10. The zero-order valence-electron chi connectivity index (χ0n) is 8.15. The van der Waals surface area contributed by atoms with Gasteiger partial charge < -0.3 is 9.47 Å². The van der Waals surface area contributed by atoms with Crippen molar-refractivity contribution in [2.75, 3.05) is 14.2 Å². The van der Waals surface area contributed by atoms with Crippen LogP contribution in [0.5, 0.6) is 11.5 Å². The molecule has 0 saturated carbocycles. The molecule has 0 aromatic heterocycles. The van der Waals surface area contributed by atoms with Crippen LogP contribution in [-0.2, 0) is 0 Å². The number of hydrogen-bond acceptors (Lipinski definition) is 3. The molecule has 0 amide bonds. The Balaban J connectivity index is 3.16. The van der Waals surface area contributed by atoms with Gasteiger partial charge in [0.2, 0.25) is 0 Å². The van der Waals surface area contributed by atoms with Gasteiger partial charge in [-0.05, 0) is 12.1 Å². The zero-order valence-corrected chi connectivity index (χ0v) is 8.15. The number of methoxy groups -OCH3 is 2. The number of ether oxygens (including phenoxy) is 2. The summed E-state index contributed by atoms with van der Waals surface area (Å²) in [5.74, 6) is 1.30. The molecule has 3 heteroatoms. The van der Waals surface area contributed by atoms with Crippen molar-refractivity contribution in [2.24, 2.45) is 0 Å². The Kier molecular flexibility index (Phi) is 3.57. The van der Waals surface area contributed by atoms with Crippen LogP contribution in [-0.4, -0.2) is 14.2 Å². The summed E-state index contributed by atoms with van der Waals surface area (Å²) in [7, 11) is 3.15. The third kappa shape index (κ3) is 2.05. The molecular formula is C11H11NO2. The highest BCUT2D eigenvalue weighted by Gasteiger charge is 2.05. The van der Waals surface area contributed by atoms with Gasteiger partial charge in [-0.3, -0.25) is 0 Å². The maximum absolute atomic E-state index is 8.41. The van der Waals surface area contributed by atoms with E-state index in [0.29, 0.717) is 11.5 Å². The molecule has 1 aromatic rings. The third-order valence-corrected chi connectivity index (χ3v) is 1.77. The number of allylic oxidation sites excluding steroid dienone is 1. The Morgan fingerprint density at radius 2 is 2.07 bits per heavy atom. The summed E-state index contributed by atoms with van der Waals surface area (Å²) in [5.41, 5.74) is 0.827. The van der Waals surface area contributed by atoms with Gasteiger partial charge >= 0.3 is 0 Å². The van der Waals surface area contributed by atoms with Crippen LogP contribution in [0.15, 0.2) is 24.3 Å². The lowest BCUT2D eigenvalue weighted by molar-refractivity contribution is 0.354. The lowest BCUT2D eigenvalue weighted by Gasteiger charge is -2.09. The van der Waals surface area contributed by atoms with Crippen molar-refractivity contribution in [1.82, 2.24) is 0 Å². The van der Waals surface area contributed by atoms with Crippen LogP contribution in [0.25, 0.3) is 6.08 Å². The van der Waals surface area contributed by atoms with Crippen LogP contribution in [0.3, 0.4) is 0 Å². The van der Waals surface area contributed by atoms with Gasteiger partial charge in [0, 0.05) is 11.6 Å². The van der Waals surface area contributed by atoms with E-state index >= 15 is 0 Å². The second-order valence-corrected chi connectivity index (χ2v) is 2.55. The van der Waals surface area contributed by atoms with E-state index in [0.717, 1.165) is 5.56 Å². The largest absolute Gasteiger partial charge is 0.493 e. The second kappa shape index (κ2) is 4.93. The fraction of sp³-hybridized carbons (Fsp3) is 0.182. The average Bonchev–Trinajstić information content (AvgIpc) is 2.25. The minimum atomic E-state index is 0.640. The van der Waals surface area contributed by atoms with Crippen molar-refractivity contribution in [2.45, 2.75) is 0 Å². The van der Waals surface area contributed by atoms with Crippen molar-refractivity contribution in [3.8, 4) is 17.6 Å². The lowest BCUT2D eigenvalue weighted by atomic mass is 10.1. The maximum atomic E-state index is 8.41. The van der Waals surface area contributed by atoms with Crippen LogP contribution < -0.4 is 9.47 Å². The standard InChI is InChI=1S/C11H11NO2/c1-13-10-7-3-5-9(6-4-8-12)11(10)14-2/h3-7H,1-2H3. The number of rotatable bonds is 3. The van der Waals surface area contributed by atoms with E-state index < -0.39 is 0 Å². The molecule has 72 valence electrons. The molecule has 1 rings (SSSR count). The molecule has 1 aromatic carbocycles. The number of para-hydroxylation sites is 1. The summed E-state index contributed by atoms with van der Waals surface area (Å²) in [6.45, 7) is 0. The monoisotopic (exact) mass is 189 g/mol. The van der Waals surface area contributed by atoms with Crippen LogP contribution in [0.4, 0.5) is 0 Å². The minimum absolute atomic E-state index is 0.640. The maximum Gasteiger partial charge on any atom is 0.167 e. The SMILES string of the molecule is COc1cccc(C=CC#N)c1OC. The van der Waals surface area contributed by atoms with E-state index in [-0.39, 0.29) is 0 Å². The number of benzene rings is 1. The summed E-state index contributed by atoms with van der Waals surface area (Å²) in [5, 5.41) is 8.41. The summed E-state index contributed by atoms with van der Waals surface area (Å²) >= 11 is 0. The van der Waals surface area contributed by atoms with E-state index in [1.165, 1.54) is 6.08 Å². The predicted molar refractivity (Wildman–Crippen MR) is 54.2 cm³/mol. The molecule has 0 aliphatic rings. The zero-order chi connectivity index (χ0) is 10.4. The van der Waals surface area contributed by atoms with Crippen LogP contribution in [0.2, 0.25) is 0 Å². The fourth-order valence-electron chi connectivity index (χ4n) is 1.17. The van der Waals surface area contributed by atoms with Crippen molar-refractivity contribution in [3.63, 3.8) is 0 Å². The normalized spacial score (nSPS) is 9.79. The third-order valence-electron chi connectivity index (χ3n) is 1.77. The predicted octanol–water partition coefficient (Wildman–Crippen LogP) is 2.24.